The first kappa shape index (κ1) is 15.3. The minimum absolute atomic E-state index is 0.631. The SMILES string of the molecule is C1CCCCCC(NC2CCCOC2)CCCCC1. The van der Waals surface area contributed by atoms with Crippen molar-refractivity contribution in [3.8, 4) is 0 Å². The molecule has 2 aliphatic rings. The van der Waals surface area contributed by atoms with Crippen molar-refractivity contribution >= 4 is 0 Å². The summed E-state index contributed by atoms with van der Waals surface area (Å²) < 4.78 is 5.60. The molecule has 0 aromatic carbocycles. The predicted molar refractivity (Wildman–Crippen MR) is 81.6 cm³/mol. The van der Waals surface area contributed by atoms with Crippen LogP contribution in [0.2, 0.25) is 0 Å². The van der Waals surface area contributed by atoms with E-state index in [1.165, 1.54) is 83.5 Å². The van der Waals surface area contributed by atoms with E-state index in [-0.39, 0.29) is 0 Å². The standard InChI is InChI=1S/C17H33NO/c1-2-4-6-8-11-16(12-9-7-5-3-1)18-17-13-10-14-19-15-17/h16-18H,1-15H2. The summed E-state index contributed by atoms with van der Waals surface area (Å²) >= 11 is 0. The van der Waals surface area contributed by atoms with E-state index < -0.39 is 0 Å². The first-order chi connectivity index (χ1) is 9.45. The number of hydrogen-bond donors (Lipinski definition) is 1. The summed E-state index contributed by atoms with van der Waals surface area (Å²) in [6.07, 6.45) is 18.4. The van der Waals surface area contributed by atoms with Gasteiger partial charge >= 0.3 is 0 Å². The molecule has 0 spiro atoms. The summed E-state index contributed by atoms with van der Waals surface area (Å²) in [6.45, 7) is 1.92. The molecule has 1 saturated heterocycles. The van der Waals surface area contributed by atoms with Gasteiger partial charge in [-0.15, -0.1) is 0 Å². The Morgan fingerprint density at radius 1 is 0.579 bits per heavy atom. The molecule has 1 N–H and O–H groups in total. The van der Waals surface area contributed by atoms with Crippen LogP contribution in [0, 0.1) is 0 Å². The minimum atomic E-state index is 0.631. The summed E-state index contributed by atoms with van der Waals surface area (Å²) in [4.78, 5) is 0. The molecule has 0 radical (unpaired) electrons. The van der Waals surface area contributed by atoms with Crippen molar-refractivity contribution in [1.82, 2.24) is 5.32 Å². The van der Waals surface area contributed by atoms with E-state index in [4.69, 9.17) is 4.74 Å². The lowest BCUT2D eigenvalue weighted by Crippen LogP contribution is -2.43. The van der Waals surface area contributed by atoms with Gasteiger partial charge in [-0.3, -0.25) is 0 Å². The van der Waals surface area contributed by atoms with Crippen molar-refractivity contribution in [2.75, 3.05) is 13.2 Å². The summed E-state index contributed by atoms with van der Waals surface area (Å²) in [5.74, 6) is 0. The van der Waals surface area contributed by atoms with E-state index >= 15 is 0 Å². The third-order valence-electron chi connectivity index (χ3n) is 4.74. The molecule has 2 nitrogen and oxygen atoms in total. The third-order valence-corrected chi connectivity index (χ3v) is 4.74. The van der Waals surface area contributed by atoms with Gasteiger partial charge in [0.2, 0.25) is 0 Å². The fourth-order valence-corrected chi connectivity index (χ4v) is 3.54. The zero-order valence-corrected chi connectivity index (χ0v) is 12.7. The van der Waals surface area contributed by atoms with E-state index in [0.717, 1.165) is 19.3 Å². The zero-order chi connectivity index (χ0) is 13.2. The highest BCUT2D eigenvalue weighted by atomic mass is 16.5. The van der Waals surface area contributed by atoms with Crippen molar-refractivity contribution in [1.29, 1.82) is 0 Å². The Morgan fingerprint density at radius 3 is 1.63 bits per heavy atom. The average Bonchev–Trinajstić information content (AvgIpc) is 2.43. The Balaban J connectivity index is 1.70. The molecule has 0 aromatic heterocycles. The van der Waals surface area contributed by atoms with Crippen LogP contribution in [0.25, 0.3) is 0 Å². The molecule has 19 heavy (non-hydrogen) atoms. The van der Waals surface area contributed by atoms with Gasteiger partial charge in [-0.2, -0.15) is 0 Å². The Morgan fingerprint density at radius 2 is 1.11 bits per heavy atom. The number of ether oxygens (including phenoxy) is 1. The van der Waals surface area contributed by atoms with E-state index in [9.17, 15) is 0 Å². The highest BCUT2D eigenvalue weighted by Gasteiger charge is 2.18. The molecule has 1 saturated carbocycles. The second-order valence-corrected chi connectivity index (χ2v) is 6.54. The lowest BCUT2D eigenvalue weighted by Gasteiger charge is -2.29. The van der Waals surface area contributed by atoms with Gasteiger partial charge in [-0.1, -0.05) is 57.8 Å². The van der Waals surface area contributed by atoms with Crippen LogP contribution in [0.4, 0.5) is 0 Å². The first-order valence-corrected chi connectivity index (χ1v) is 8.79. The molecular formula is C17H33NO. The lowest BCUT2D eigenvalue weighted by molar-refractivity contribution is 0.0651. The Labute approximate surface area is 119 Å². The van der Waals surface area contributed by atoms with Gasteiger partial charge in [-0.05, 0) is 25.7 Å². The molecular weight excluding hydrogens is 234 g/mol. The van der Waals surface area contributed by atoms with E-state index in [2.05, 4.69) is 5.32 Å². The number of rotatable bonds is 2. The largest absolute Gasteiger partial charge is 0.380 e. The second kappa shape index (κ2) is 9.77. The number of hydrogen-bond acceptors (Lipinski definition) is 2. The maximum absolute atomic E-state index is 5.60. The van der Waals surface area contributed by atoms with Crippen LogP contribution in [0.1, 0.15) is 83.5 Å². The van der Waals surface area contributed by atoms with E-state index in [1.54, 1.807) is 0 Å². The molecule has 1 unspecified atom stereocenters. The van der Waals surface area contributed by atoms with Crippen LogP contribution in [-0.4, -0.2) is 25.3 Å². The van der Waals surface area contributed by atoms with Gasteiger partial charge in [0.1, 0.15) is 0 Å². The molecule has 0 amide bonds. The van der Waals surface area contributed by atoms with Crippen molar-refractivity contribution in [2.24, 2.45) is 0 Å². The van der Waals surface area contributed by atoms with Crippen LogP contribution in [0.3, 0.4) is 0 Å². The van der Waals surface area contributed by atoms with Crippen molar-refractivity contribution in [2.45, 2.75) is 95.6 Å². The summed E-state index contributed by atoms with van der Waals surface area (Å²) in [6, 6.07) is 1.39. The Bertz CT molecular complexity index is 201. The third kappa shape index (κ3) is 6.76. The van der Waals surface area contributed by atoms with Crippen molar-refractivity contribution < 1.29 is 4.74 Å². The van der Waals surface area contributed by atoms with Gasteiger partial charge in [-0.25, -0.2) is 0 Å². The Kier molecular flexibility index (Phi) is 7.87. The molecule has 112 valence electrons. The molecule has 0 aromatic rings. The summed E-state index contributed by atoms with van der Waals surface area (Å²) in [5, 5.41) is 3.88. The monoisotopic (exact) mass is 267 g/mol. The minimum Gasteiger partial charge on any atom is -0.380 e. The van der Waals surface area contributed by atoms with Gasteiger partial charge in [0.05, 0.1) is 6.61 Å². The smallest absolute Gasteiger partial charge is 0.0619 e. The van der Waals surface area contributed by atoms with Gasteiger partial charge in [0.15, 0.2) is 0 Å². The Hall–Kier alpha value is -0.0800. The summed E-state index contributed by atoms with van der Waals surface area (Å²) in [7, 11) is 0. The van der Waals surface area contributed by atoms with Gasteiger partial charge < -0.3 is 10.1 Å². The summed E-state index contributed by atoms with van der Waals surface area (Å²) in [5.41, 5.74) is 0. The molecule has 0 bridgehead atoms. The second-order valence-electron chi connectivity index (χ2n) is 6.54. The molecule has 2 heteroatoms. The van der Waals surface area contributed by atoms with E-state index in [1.807, 2.05) is 0 Å². The fraction of sp³-hybridized carbons (Fsp3) is 1.00. The van der Waals surface area contributed by atoms with Crippen LogP contribution < -0.4 is 5.32 Å². The zero-order valence-electron chi connectivity index (χ0n) is 12.7. The predicted octanol–water partition coefficient (Wildman–Crippen LogP) is 4.43. The molecule has 2 fully saturated rings. The maximum atomic E-state index is 5.60. The van der Waals surface area contributed by atoms with E-state index in [0.29, 0.717) is 6.04 Å². The quantitative estimate of drug-likeness (QED) is 0.799. The topological polar surface area (TPSA) is 21.3 Å². The molecule has 1 aliphatic carbocycles. The van der Waals surface area contributed by atoms with Crippen LogP contribution in [0.5, 0.6) is 0 Å². The molecule has 1 aliphatic heterocycles. The highest BCUT2D eigenvalue weighted by molar-refractivity contribution is 4.77. The highest BCUT2D eigenvalue weighted by Crippen LogP contribution is 2.18. The van der Waals surface area contributed by atoms with Crippen molar-refractivity contribution in [3.05, 3.63) is 0 Å². The average molecular weight is 267 g/mol. The fourth-order valence-electron chi connectivity index (χ4n) is 3.54. The van der Waals surface area contributed by atoms with Crippen LogP contribution >= 0.6 is 0 Å². The van der Waals surface area contributed by atoms with Gasteiger partial charge in [0.25, 0.3) is 0 Å². The first-order valence-electron chi connectivity index (χ1n) is 8.79. The van der Waals surface area contributed by atoms with Crippen LogP contribution in [0.15, 0.2) is 0 Å². The molecule has 1 heterocycles. The lowest BCUT2D eigenvalue weighted by atomic mass is 9.97. The maximum Gasteiger partial charge on any atom is 0.0619 e. The molecule has 1 atom stereocenters. The van der Waals surface area contributed by atoms with Crippen molar-refractivity contribution in [3.63, 3.8) is 0 Å². The number of nitrogens with one attached hydrogen (secondary N) is 1. The normalized spacial score (nSPS) is 29.4. The van der Waals surface area contributed by atoms with Crippen LogP contribution in [-0.2, 0) is 4.74 Å². The molecule has 2 rings (SSSR count). The van der Waals surface area contributed by atoms with Gasteiger partial charge in [0, 0.05) is 18.7 Å².